The van der Waals surface area contributed by atoms with Crippen LogP contribution in [0, 0.1) is 0 Å². The van der Waals surface area contributed by atoms with Crippen LogP contribution in [0.3, 0.4) is 0 Å². The third-order valence-electron chi connectivity index (χ3n) is 6.44. The molecule has 0 aliphatic rings. The summed E-state index contributed by atoms with van der Waals surface area (Å²) in [7, 11) is 0. The molecule has 0 aromatic heterocycles. The minimum atomic E-state index is -8.59. The molecule has 0 saturated heterocycles. The lowest BCUT2D eigenvalue weighted by molar-refractivity contribution is -0.462. The third-order valence-corrected chi connectivity index (χ3v) is 8.12. The lowest BCUT2D eigenvalue weighted by Gasteiger charge is -2.43. The average Bonchev–Trinajstić information content (AvgIpc) is 2.78. The summed E-state index contributed by atoms with van der Waals surface area (Å²) in [5.74, 6) is -55.9. The lowest BCUT2D eigenvalue weighted by Crippen LogP contribution is -2.74. The van der Waals surface area contributed by atoms with Gasteiger partial charge in [0.1, 0.15) is 0 Å². The number of rotatable bonds is 18. The first kappa shape index (κ1) is 39.5. The Morgan fingerprint density at radius 3 is 1.10 bits per heavy atom. The minimum Gasteiger partial charge on any atom is -0.200 e. The fraction of sp³-hybridized carbons (Fsp3) is 1.00. The van der Waals surface area contributed by atoms with E-state index in [9.17, 15) is 74.6 Å². The van der Waals surface area contributed by atoms with Crippen LogP contribution in [0.25, 0.3) is 0 Å². The van der Waals surface area contributed by atoms with E-state index in [-0.39, 0.29) is 12.8 Å². The van der Waals surface area contributed by atoms with Gasteiger partial charge in [-0.25, -0.2) is 0 Å². The molecule has 0 bridgehead atoms. The molecule has 40 heavy (non-hydrogen) atoms. The fourth-order valence-corrected chi connectivity index (χ4v) is 4.53. The Morgan fingerprint density at radius 1 is 0.425 bits per heavy atom. The third kappa shape index (κ3) is 7.36. The van der Waals surface area contributed by atoms with Crippen LogP contribution >= 0.6 is 22.6 Å². The fourth-order valence-electron chi connectivity index (χ4n) is 3.67. The number of unbranched alkanes of at least 4 members (excludes halogenated alkanes) is 7. The van der Waals surface area contributed by atoms with Crippen molar-refractivity contribution in [2.45, 2.75) is 136 Å². The Kier molecular flexibility index (Phi) is 12.9. The summed E-state index contributed by atoms with van der Waals surface area (Å²) in [4.78, 5) is 0. The smallest absolute Gasteiger partial charge is 0.200 e. The number of hydrogen-bond donors (Lipinski definition) is 0. The first-order chi connectivity index (χ1) is 17.6. The Balaban J connectivity index is 6.05. The van der Waals surface area contributed by atoms with E-state index in [1.807, 2.05) is 6.92 Å². The standard InChI is InChI=1S/C22H28F17I/c1-3-5-6-7-8-9-10-11-12-14(40,4-2)13-15(23,24)16(25,26)17(27,28)18(29,30)19(31,32)20(33,34)21(35,36)22(37,38)39/h3-13H2,1-2H3. The normalized spacial score (nSPS) is 16.8. The summed E-state index contributed by atoms with van der Waals surface area (Å²) in [6, 6.07) is 0. The molecule has 0 saturated carbocycles. The van der Waals surface area contributed by atoms with Gasteiger partial charge in [0.25, 0.3) is 0 Å². The Hall–Kier alpha value is -0.460. The molecule has 242 valence electrons. The van der Waals surface area contributed by atoms with E-state index in [2.05, 4.69) is 0 Å². The molecule has 0 fully saturated rings. The second kappa shape index (κ2) is 13.0. The highest BCUT2D eigenvalue weighted by molar-refractivity contribution is 14.1. The van der Waals surface area contributed by atoms with Crippen LogP contribution in [0.5, 0.6) is 0 Å². The summed E-state index contributed by atoms with van der Waals surface area (Å²) < 4.78 is 227. The van der Waals surface area contributed by atoms with Gasteiger partial charge in [0, 0.05) is 9.84 Å². The monoisotopic (exact) mass is 742 g/mol. The topological polar surface area (TPSA) is 0 Å². The zero-order valence-electron chi connectivity index (χ0n) is 21.1. The molecule has 0 aromatic carbocycles. The molecule has 0 amide bonds. The van der Waals surface area contributed by atoms with Crippen LogP contribution in [0.4, 0.5) is 74.6 Å². The molecular formula is C22H28F17I. The van der Waals surface area contributed by atoms with E-state index in [1.165, 1.54) is 0 Å². The summed E-state index contributed by atoms with van der Waals surface area (Å²) in [5.41, 5.74) is 0. The zero-order chi connectivity index (χ0) is 32.3. The quantitative estimate of drug-likeness (QED) is 0.0568. The first-order valence-electron chi connectivity index (χ1n) is 12.0. The predicted octanol–water partition coefficient (Wildman–Crippen LogP) is 11.5. The van der Waals surface area contributed by atoms with Crippen molar-refractivity contribution in [1.29, 1.82) is 0 Å². The largest absolute Gasteiger partial charge is 0.460 e. The van der Waals surface area contributed by atoms with Crippen LogP contribution < -0.4 is 0 Å². The molecule has 1 unspecified atom stereocenters. The van der Waals surface area contributed by atoms with Gasteiger partial charge in [-0.05, 0) is 12.8 Å². The molecule has 0 aliphatic carbocycles. The van der Waals surface area contributed by atoms with Gasteiger partial charge in [0.05, 0.1) is 0 Å². The first-order valence-corrected chi connectivity index (χ1v) is 13.1. The SMILES string of the molecule is CCCCCCCCCCC(I)(CC)CC(F)(F)C(F)(F)C(F)(F)C(F)(F)C(F)(F)C(F)(F)C(F)(F)C(F)(F)F. The van der Waals surface area contributed by atoms with Gasteiger partial charge < -0.3 is 0 Å². The molecular weight excluding hydrogens is 714 g/mol. The number of hydrogen-bond acceptors (Lipinski definition) is 0. The number of alkyl halides is 18. The lowest BCUT2D eigenvalue weighted by atomic mass is 9.84. The highest BCUT2D eigenvalue weighted by atomic mass is 127. The maximum atomic E-state index is 14.4. The molecule has 0 rings (SSSR count). The molecule has 0 radical (unpaired) electrons. The van der Waals surface area contributed by atoms with Crippen molar-refractivity contribution in [3.05, 3.63) is 0 Å². The summed E-state index contributed by atoms with van der Waals surface area (Å²) in [6.07, 6.45) is -5.57. The van der Waals surface area contributed by atoms with E-state index in [0.717, 1.165) is 61.6 Å². The maximum absolute atomic E-state index is 14.4. The average molecular weight is 742 g/mol. The van der Waals surface area contributed by atoms with Crippen molar-refractivity contribution >= 4 is 22.6 Å². The Bertz CT molecular complexity index is 791. The number of halogens is 18. The van der Waals surface area contributed by atoms with Gasteiger partial charge in [-0.3, -0.25) is 0 Å². The molecule has 0 N–H and O–H groups in total. The van der Waals surface area contributed by atoms with Crippen molar-refractivity contribution < 1.29 is 74.6 Å². The molecule has 0 aliphatic heterocycles. The van der Waals surface area contributed by atoms with Gasteiger partial charge in [0.15, 0.2) is 0 Å². The summed E-state index contributed by atoms with van der Waals surface area (Å²) in [6.45, 7) is 3.08. The van der Waals surface area contributed by atoms with Crippen LogP contribution in [-0.4, -0.2) is 51.1 Å². The van der Waals surface area contributed by atoms with Gasteiger partial charge >= 0.3 is 47.6 Å². The van der Waals surface area contributed by atoms with Crippen LogP contribution in [0.1, 0.15) is 84.5 Å². The Labute approximate surface area is 232 Å². The molecule has 0 spiro atoms. The Morgan fingerprint density at radius 2 is 0.750 bits per heavy atom. The molecule has 0 heterocycles. The molecule has 0 nitrogen and oxygen atoms in total. The van der Waals surface area contributed by atoms with Crippen molar-refractivity contribution in [2.75, 3.05) is 0 Å². The van der Waals surface area contributed by atoms with Gasteiger partial charge in [-0.2, -0.15) is 74.6 Å². The molecule has 1 atom stereocenters. The second-order valence-corrected chi connectivity index (χ2v) is 11.8. The van der Waals surface area contributed by atoms with E-state index >= 15 is 0 Å². The van der Waals surface area contributed by atoms with E-state index in [1.54, 1.807) is 0 Å². The minimum absolute atomic E-state index is 0.0651. The van der Waals surface area contributed by atoms with Gasteiger partial charge in [-0.15, -0.1) is 0 Å². The summed E-state index contributed by atoms with van der Waals surface area (Å²) >= 11 is 1.14. The predicted molar refractivity (Wildman–Crippen MR) is 120 cm³/mol. The van der Waals surface area contributed by atoms with Crippen molar-refractivity contribution in [3.8, 4) is 0 Å². The van der Waals surface area contributed by atoms with Crippen LogP contribution in [0.2, 0.25) is 0 Å². The van der Waals surface area contributed by atoms with Crippen molar-refractivity contribution in [2.24, 2.45) is 0 Å². The van der Waals surface area contributed by atoms with Gasteiger partial charge in [0.2, 0.25) is 0 Å². The maximum Gasteiger partial charge on any atom is 0.460 e. The van der Waals surface area contributed by atoms with E-state index in [0.29, 0.717) is 12.8 Å². The zero-order valence-corrected chi connectivity index (χ0v) is 23.2. The van der Waals surface area contributed by atoms with Crippen LogP contribution in [-0.2, 0) is 0 Å². The van der Waals surface area contributed by atoms with Crippen molar-refractivity contribution in [3.63, 3.8) is 0 Å². The van der Waals surface area contributed by atoms with E-state index in [4.69, 9.17) is 0 Å². The van der Waals surface area contributed by atoms with Crippen LogP contribution in [0.15, 0.2) is 0 Å². The van der Waals surface area contributed by atoms with Gasteiger partial charge in [-0.1, -0.05) is 87.8 Å². The summed E-state index contributed by atoms with van der Waals surface area (Å²) in [5, 5.41) is 0. The highest BCUT2D eigenvalue weighted by Gasteiger charge is 2.95. The highest BCUT2D eigenvalue weighted by Crippen LogP contribution is 2.64. The molecule has 18 heteroatoms. The van der Waals surface area contributed by atoms with E-state index < -0.39 is 63.9 Å². The second-order valence-electron chi connectivity index (χ2n) is 9.55. The van der Waals surface area contributed by atoms with Crippen molar-refractivity contribution in [1.82, 2.24) is 0 Å². The molecule has 0 aromatic rings.